The molecule has 1 amide bonds. The third kappa shape index (κ3) is 9.13. The average Bonchev–Trinajstić information content (AvgIpc) is 2.48. The third-order valence-corrected chi connectivity index (χ3v) is 3.53. The Bertz CT molecular complexity index is 508. The van der Waals surface area contributed by atoms with E-state index in [0.717, 1.165) is 5.56 Å². The highest BCUT2D eigenvalue weighted by Gasteiger charge is 2.15. The molecule has 0 aliphatic heterocycles. The van der Waals surface area contributed by atoms with Crippen LogP contribution in [-0.2, 0) is 20.9 Å². The fourth-order valence-corrected chi connectivity index (χ4v) is 2.10. The van der Waals surface area contributed by atoms with E-state index in [1.165, 1.54) is 4.90 Å². The summed E-state index contributed by atoms with van der Waals surface area (Å²) in [5.41, 5.74) is 0.442. The maximum absolute atomic E-state index is 11.6. The lowest BCUT2D eigenvalue weighted by molar-refractivity contribution is -0.145. The van der Waals surface area contributed by atoms with Crippen molar-refractivity contribution in [2.24, 2.45) is 0 Å². The summed E-state index contributed by atoms with van der Waals surface area (Å²) in [5.74, 6) is -0.273. The highest BCUT2D eigenvalue weighted by molar-refractivity contribution is 7.98. The van der Waals surface area contributed by atoms with Gasteiger partial charge in [-0.15, -0.1) is 11.8 Å². The topological polar surface area (TPSA) is 64.6 Å². The minimum Gasteiger partial charge on any atom is -0.461 e. The van der Waals surface area contributed by atoms with Crippen molar-refractivity contribution in [2.75, 3.05) is 12.8 Å². The van der Waals surface area contributed by atoms with Crippen LogP contribution < -0.4 is 5.32 Å². The Morgan fingerprint density at radius 2 is 1.83 bits per heavy atom. The van der Waals surface area contributed by atoms with Gasteiger partial charge in [-0.2, -0.15) is 0 Å². The summed E-state index contributed by atoms with van der Waals surface area (Å²) in [5, 5.41) is 2.61. The zero-order valence-corrected chi connectivity index (χ0v) is 15.0. The summed E-state index contributed by atoms with van der Waals surface area (Å²) in [4.78, 5) is 24.2. The van der Waals surface area contributed by atoms with E-state index in [0.29, 0.717) is 13.0 Å². The van der Waals surface area contributed by atoms with Crippen molar-refractivity contribution in [1.29, 1.82) is 0 Å². The normalized spacial score (nSPS) is 11.0. The van der Waals surface area contributed by atoms with Crippen molar-refractivity contribution in [3.63, 3.8) is 0 Å². The van der Waals surface area contributed by atoms with E-state index in [1.54, 1.807) is 32.5 Å². The fourth-order valence-electron chi connectivity index (χ4n) is 1.70. The monoisotopic (exact) mass is 339 g/mol. The molecule has 1 N–H and O–H groups in total. The Morgan fingerprint density at radius 1 is 1.17 bits per heavy atom. The summed E-state index contributed by atoms with van der Waals surface area (Å²) >= 11 is 1.67. The number of nitrogens with one attached hydrogen (secondary N) is 1. The van der Waals surface area contributed by atoms with E-state index in [1.807, 2.05) is 30.5 Å². The lowest BCUT2D eigenvalue weighted by atomic mass is 10.2. The molecule has 0 aliphatic rings. The van der Waals surface area contributed by atoms with E-state index in [9.17, 15) is 9.59 Å². The lowest BCUT2D eigenvalue weighted by Gasteiger charge is -2.19. The molecule has 0 spiro atoms. The van der Waals surface area contributed by atoms with Gasteiger partial charge in [0.25, 0.3) is 0 Å². The predicted octanol–water partition coefficient (Wildman–Crippen LogP) is 3.76. The van der Waals surface area contributed by atoms with E-state index < -0.39 is 11.7 Å². The van der Waals surface area contributed by atoms with Crippen molar-refractivity contribution in [3.05, 3.63) is 29.8 Å². The Morgan fingerprint density at radius 3 is 2.39 bits per heavy atom. The summed E-state index contributed by atoms with van der Waals surface area (Å²) in [7, 11) is 0. The van der Waals surface area contributed by atoms with Crippen LogP contribution in [0.2, 0.25) is 0 Å². The zero-order valence-electron chi connectivity index (χ0n) is 14.2. The first-order valence-corrected chi connectivity index (χ1v) is 8.78. The molecule has 0 fully saturated rings. The third-order valence-electron chi connectivity index (χ3n) is 2.78. The second-order valence-electron chi connectivity index (χ2n) is 6.04. The summed E-state index contributed by atoms with van der Waals surface area (Å²) < 4.78 is 10.3. The Hall–Kier alpha value is -1.69. The van der Waals surface area contributed by atoms with Gasteiger partial charge in [0.1, 0.15) is 12.2 Å². The number of amides is 1. The number of esters is 1. The molecule has 0 saturated carbocycles. The van der Waals surface area contributed by atoms with Crippen LogP contribution in [0, 0.1) is 0 Å². The number of carbonyl (C=O) groups excluding carboxylic acids is 2. The Kier molecular flexibility index (Phi) is 7.95. The van der Waals surface area contributed by atoms with Crippen molar-refractivity contribution in [3.8, 4) is 0 Å². The van der Waals surface area contributed by atoms with Gasteiger partial charge in [0.15, 0.2) is 0 Å². The maximum Gasteiger partial charge on any atom is 0.407 e. The second-order valence-corrected chi connectivity index (χ2v) is 6.92. The van der Waals surface area contributed by atoms with Crippen LogP contribution >= 0.6 is 11.8 Å². The fraction of sp³-hybridized carbons (Fsp3) is 0.529. The second kappa shape index (κ2) is 9.45. The Balaban J connectivity index is 2.15. The number of benzene rings is 1. The summed E-state index contributed by atoms with van der Waals surface area (Å²) in [6, 6.07) is 7.89. The smallest absolute Gasteiger partial charge is 0.407 e. The zero-order chi connectivity index (χ0) is 17.3. The molecule has 0 saturated heterocycles. The molecular weight excluding hydrogens is 314 g/mol. The highest BCUT2D eigenvalue weighted by atomic mass is 32.2. The van der Waals surface area contributed by atoms with Crippen LogP contribution in [0.3, 0.4) is 0 Å². The molecule has 0 aliphatic carbocycles. The molecule has 1 rings (SSSR count). The standard InChI is InChI=1S/C17H25NO4S/c1-17(2,3)22-16(20)18-11-5-6-15(19)21-12-13-7-9-14(23-4)10-8-13/h7-10H,5-6,11-12H2,1-4H3,(H,18,20). The maximum atomic E-state index is 11.6. The van der Waals surface area contributed by atoms with Crippen LogP contribution in [-0.4, -0.2) is 30.5 Å². The number of hydrogen-bond acceptors (Lipinski definition) is 5. The van der Waals surface area contributed by atoms with Gasteiger partial charge in [0, 0.05) is 17.9 Å². The van der Waals surface area contributed by atoms with Gasteiger partial charge in [-0.3, -0.25) is 4.79 Å². The van der Waals surface area contributed by atoms with Gasteiger partial charge >= 0.3 is 12.1 Å². The van der Waals surface area contributed by atoms with Crippen LogP contribution in [0.25, 0.3) is 0 Å². The molecule has 5 nitrogen and oxygen atoms in total. The van der Waals surface area contributed by atoms with Crippen molar-refractivity contribution in [2.45, 2.75) is 50.7 Å². The molecule has 0 heterocycles. The van der Waals surface area contributed by atoms with Crippen molar-refractivity contribution < 1.29 is 19.1 Å². The largest absolute Gasteiger partial charge is 0.461 e. The minimum absolute atomic E-state index is 0.263. The quantitative estimate of drug-likeness (QED) is 0.465. The highest BCUT2D eigenvalue weighted by Crippen LogP contribution is 2.15. The average molecular weight is 339 g/mol. The summed E-state index contributed by atoms with van der Waals surface area (Å²) in [6.45, 7) is 6.06. The molecule has 0 bridgehead atoms. The van der Waals surface area contributed by atoms with Gasteiger partial charge in [0.05, 0.1) is 0 Å². The molecule has 1 aromatic carbocycles. The SMILES string of the molecule is CSc1ccc(COC(=O)CCCNC(=O)OC(C)(C)C)cc1. The van der Waals surface area contributed by atoms with E-state index in [4.69, 9.17) is 9.47 Å². The number of ether oxygens (including phenoxy) is 2. The van der Waals surface area contributed by atoms with E-state index >= 15 is 0 Å². The molecule has 0 unspecified atom stereocenters. The van der Waals surface area contributed by atoms with Crippen LogP contribution in [0.1, 0.15) is 39.2 Å². The van der Waals surface area contributed by atoms with Crippen LogP contribution in [0.15, 0.2) is 29.2 Å². The first kappa shape index (κ1) is 19.4. The van der Waals surface area contributed by atoms with Gasteiger partial charge in [-0.25, -0.2) is 4.79 Å². The number of alkyl carbamates (subject to hydrolysis) is 1. The van der Waals surface area contributed by atoms with Crippen LogP contribution in [0.5, 0.6) is 0 Å². The van der Waals surface area contributed by atoms with Gasteiger partial charge in [0.2, 0.25) is 0 Å². The molecule has 1 aromatic rings. The molecule has 128 valence electrons. The number of thioether (sulfide) groups is 1. The molecule has 23 heavy (non-hydrogen) atoms. The predicted molar refractivity (Wildman–Crippen MR) is 91.5 cm³/mol. The van der Waals surface area contributed by atoms with Crippen molar-refractivity contribution in [1.82, 2.24) is 5.32 Å². The number of carbonyl (C=O) groups is 2. The molecule has 6 heteroatoms. The van der Waals surface area contributed by atoms with Gasteiger partial charge in [-0.05, 0) is 51.1 Å². The number of rotatable bonds is 7. The summed E-state index contributed by atoms with van der Waals surface area (Å²) in [6.07, 6.45) is 2.32. The Labute approximate surface area is 142 Å². The number of hydrogen-bond donors (Lipinski definition) is 1. The molecule has 0 atom stereocenters. The van der Waals surface area contributed by atoms with E-state index in [-0.39, 0.29) is 19.0 Å². The molecule has 0 aromatic heterocycles. The molecular formula is C17H25NO4S. The first-order valence-electron chi connectivity index (χ1n) is 7.55. The molecule has 0 radical (unpaired) electrons. The van der Waals surface area contributed by atoms with Crippen LogP contribution in [0.4, 0.5) is 4.79 Å². The van der Waals surface area contributed by atoms with Gasteiger partial charge < -0.3 is 14.8 Å². The minimum atomic E-state index is -0.519. The lowest BCUT2D eigenvalue weighted by Crippen LogP contribution is -2.33. The van der Waals surface area contributed by atoms with E-state index in [2.05, 4.69) is 5.32 Å². The van der Waals surface area contributed by atoms with Gasteiger partial charge in [-0.1, -0.05) is 12.1 Å². The first-order chi connectivity index (χ1) is 10.8. The van der Waals surface area contributed by atoms with Crippen molar-refractivity contribution >= 4 is 23.8 Å².